The van der Waals surface area contributed by atoms with Crippen molar-refractivity contribution in [1.82, 2.24) is 0 Å². The summed E-state index contributed by atoms with van der Waals surface area (Å²) in [6.07, 6.45) is 0. The Kier molecular flexibility index (Phi) is 5.37. The van der Waals surface area contributed by atoms with Crippen LogP contribution in [0.4, 0.5) is 0 Å². The summed E-state index contributed by atoms with van der Waals surface area (Å²) < 4.78 is 0. The van der Waals surface area contributed by atoms with Gasteiger partial charge >= 0.3 is 5.97 Å². The Morgan fingerprint density at radius 1 is 1.46 bits per heavy atom. The summed E-state index contributed by atoms with van der Waals surface area (Å²) in [7, 11) is 6.30. The van der Waals surface area contributed by atoms with E-state index in [-0.39, 0.29) is 30.8 Å². The Bertz CT molecular complexity index is 319. The minimum atomic E-state index is -1.17. The van der Waals surface area contributed by atoms with Crippen LogP contribution in [0, 0.1) is 0 Å². The first-order valence-corrected chi connectivity index (χ1v) is 4.64. The van der Waals surface area contributed by atoms with Gasteiger partial charge in [-0.15, -0.1) is 0 Å². The standard InChI is InChI=1S/C7H5ClO3S.Zn/c8-12-4-1-2-6(9)5(3-4)7(10)11;/h1-3,9H,(H,10,11);. The summed E-state index contributed by atoms with van der Waals surface area (Å²) in [5.41, 5.74) is -0.138. The molecule has 3 nitrogen and oxygen atoms in total. The third-order valence-electron chi connectivity index (χ3n) is 1.29. The van der Waals surface area contributed by atoms with Crippen molar-refractivity contribution in [3.63, 3.8) is 0 Å². The van der Waals surface area contributed by atoms with Gasteiger partial charge in [0.1, 0.15) is 11.3 Å². The minimum Gasteiger partial charge on any atom is -0.507 e. The van der Waals surface area contributed by atoms with Gasteiger partial charge in [0, 0.05) is 24.4 Å². The molecule has 2 N–H and O–H groups in total. The van der Waals surface area contributed by atoms with Crippen LogP contribution in [0.15, 0.2) is 23.1 Å². The number of carboxylic acids is 1. The van der Waals surface area contributed by atoms with Crippen molar-refractivity contribution < 1.29 is 34.5 Å². The molecule has 0 aliphatic rings. The molecule has 0 fully saturated rings. The molecule has 0 atom stereocenters. The molecule has 0 aliphatic carbocycles. The van der Waals surface area contributed by atoms with E-state index in [1.807, 2.05) is 0 Å². The molecular formula is C7H5ClO3SZn. The van der Waals surface area contributed by atoms with Gasteiger partial charge in [0.25, 0.3) is 0 Å². The van der Waals surface area contributed by atoms with Crippen LogP contribution in [0.2, 0.25) is 0 Å². The minimum absolute atomic E-state index is 0. The van der Waals surface area contributed by atoms with Gasteiger partial charge in [-0.05, 0) is 39.9 Å². The SMILES string of the molecule is O=C(O)c1cc(SCl)ccc1O.[Zn]. The molecule has 0 amide bonds. The topological polar surface area (TPSA) is 57.5 Å². The molecule has 6 heteroatoms. The maximum atomic E-state index is 10.5. The summed E-state index contributed by atoms with van der Waals surface area (Å²) in [6.45, 7) is 0. The Morgan fingerprint density at radius 2 is 2.08 bits per heavy atom. The molecule has 0 heterocycles. The molecule has 66 valence electrons. The summed E-state index contributed by atoms with van der Waals surface area (Å²) in [5, 5.41) is 17.6. The largest absolute Gasteiger partial charge is 0.507 e. The van der Waals surface area contributed by atoms with E-state index in [1.165, 1.54) is 12.1 Å². The number of aromatic carboxylic acids is 1. The maximum absolute atomic E-state index is 10.5. The fourth-order valence-electron chi connectivity index (χ4n) is 0.734. The van der Waals surface area contributed by atoms with E-state index in [1.54, 1.807) is 6.07 Å². The van der Waals surface area contributed by atoms with E-state index in [0.29, 0.717) is 4.90 Å². The Hall–Kier alpha value is -0.247. The van der Waals surface area contributed by atoms with E-state index in [9.17, 15) is 4.79 Å². The van der Waals surface area contributed by atoms with E-state index in [0.717, 1.165) is 11.0 Å². The number of rotatable bonds is 2. The summed E-state index contributed by atoms with van der Waals surface area (Å²) >= 11 is 0. The summed E-state index contributed by atoms with van der Waals surface area (Å²) in [6, 6.07) is 4.16. The second-order valence-electron chi connectivity index (χ2n) is 2.06. The first kappa shape index (κ1) is 12.8. The smallest absolute Gasteiger partial charge is 0.339 e. The molecule has 0 saturated carbocycles. The quantitative estimate of drug-likeness (QED) is 0.810. The van der Waals surface area contributed by atoms with Crippen LogP contribution in [-0.4, -0.2) is 16.2 Å². The van der Waals surface area contributed by atoms with Gasteiger partial charge in [-0.2, -0.15) is 0 Å². The predicted octanol–water partition coefficient (Wildman–Crippen LogP) is 2.33. The van der Waals surface area contributed by atoms with Crippen LogP contribution in [0.5, 0.6) is 5.75 Å². The molecule has 0 aromatic heterocycles. The average molecular weight is 270 g/mol. The van der Waals surface area contributed by atoms with Gasteiger partial charge in [-0.1, -0.05) is 0 Å². The van der Waals surface area contributed by atoms with Crippen molar-refractivity contribution in [2.45, 2.75) is 4.90 Å². The van der Waals surface area contributed by atoms with Gasteiger partial charge in [-0.3, -0.25) is 0 Å². The maximum Gasteiger partial charge on any atom is 0.339 e. The fraction of sp³-hybridized carbons (Fsp3) is 0. The molecule has 0 radical (unpaired) electrons. The van der Waals surface area contributed by atoms with Crippen molar-refractivity contribution in [3.8, 4) is 5.75 Å². The number of carbonyl (C=O) groups is 1. The van der Waals surface area contributed by atoms with E-state index in [2.05, 4.69) is 0 Å². The Morgan fingerprint density at radius 3 is 2.54 bits per heavy atom. The number of phenols is 1. The van der Waals surface area contributed by atoms with Crippen LogP contribution in [0.3, 0.4) is 0 Å². The van der Waals surface area contributed by atoms with Crippen molar-refractivity contribution in [2.24, 2.45) is 0 Å². The number of aromatic hydroxyl groups is 1. The van der Waals surface area contributed by atoms with Gasteiger partial charge in [-0.25, -0.2) is 4.79 Å². The van der Waals surface area contributed by atoms with E-state index in [4.69, 9.17) is 20.9 Å². The van der Waals surface area contributed by atoms with Gasteiger partial charge < -0.3 is 10.2 Å². The summed E-state index contributed by atoms with van der Waals surface area (Å²) in [4.78, 5) is 11.1. The molecule has 0 spiro atoms. The van der Waals surface area contributed by atoms with Gasteiger partial charge in [0.05, 0.1) is 0 Å². The number of benzene rings is 1. The molecular weight excluding hydrogens is 265 g/mol. The Balaban J connectivity index is 0.00000144. The van der Waals surface area contributed by atoms with Crippen LogP contribution in [0.1, 0.15) is 10.4 Å². The van der Waals surface area contributed by atoms with Crippen LogP contribution in [-0.2, 0) is 19.5 Å². The monoisotopic (exact) mass is 268 g/mol. The van der Waals surface area contributed by atoms with Crippen molar-refractivity contribution in [1.29, 1.82) is 0 Å². The van der Waals surface area contributed by atoms with Crippen molar-refractivity contribution >= 4 is 27.6 Å². The number of carboxylic acid groups (broad SMARTS) is 1. The first-order valence-electron chi connectivity index (χ1n) is 3.00. The summed E-state index contributed by atoms with van der Waals surface area (Å²) in [5.74, 6) is -1.42. The normalized spacial score (nSPS) is 9.00. The number of halogens is 1. The fourth-order valence-corrected chi connectivity index (χ4v) is 1.30. The zero-order valence-corrected chi connectivity index (χ0v) is 11.1. The molecule has 0 saturated heterocycles. The third-order valence-corrected chi connectivity index (χ3v) is 2.25. The van der Waals surface area contributed by atoms with Crippen molar-refractivity contribution in [2.75, 3.05) is 0 Å². The molecule has 0 bridgehead atoms. The zero-order chi connectivity index (χ0) is 9.14. The molecule has 1 aromatic carbocycles. The van der Waals surface area contributed by atoms with Crippen LogP contribution in [0.25, 0.3) is 0 Å². The molecule has 0 unspecified atom stereocenters. The number of hydrogen-bond donors (Lipinski definition) is 2. The Labute approximate surface area is 96.4 Å². The molecule has 0 aliphatic heterocycles. The van der Waals surface area contributed by atoms with Crippen LogP contribution >= 0.6 is 21.7 Å². The second-order valence-corrected chi connectivity index (χ2v) is 3.15. The first-order chi connectivity index (χ1) is 5.65. The third kappa shape index (κ3) is 3.18. The number of hydrogen-bond acceptors (Lipinski definition) is 3. The molecule has 1 rings (SSSR count). The molecule has 13 heavy (non-hydrogen) atoms. The van der Waals surface area contributed by atoms with Crippen LogP contribution < -0.4 is 0 Å². The average Bonchev–Trinajstić information content (AvgIpc) is 2.05. The van der Waals surface area contributed by atoms with Crippen molar-refractivity contribution in [3.05, 3.63) is 23.8 Å². The second kappa shape index (κ2) is 5.48. The van der Waals surface area contributed by atoms with E-state index >= 15 is 0 Å². The van der Waals surface area contributed by atoms with Gasteiger partial charge in [0.15, 0.2) is 0 Å². The predicted molar refractivity (Wildman–Crippen MR) is 46.8 cm³/mol. The molecule has 1 aromatic rings. The zero-order valence-electron chi connectivity index (χ0n) is 6.53. The van der Waals surface area contributed by atoms with E-state index < -0.39 is 5.97 Å². The van der Waals surface area contributed by atoms with Gasteiger partial charge in [0.2, 0.25) is 0 Å².